The highest BCUT2D eigenvalue weighted by atomic mass is 16.5. The Balaban J connectivity index is 1.90. The summed E-state index contributed by atoms with van der Waals surface area (Å²) in [5.74, 6) is 0.886. The van der Waals surface area contributed by atoms with Crippen LogP contribution in [-0.4, -0.2) is 74.3 Å². The lowest BCUT2D eigenvalue weighted by Crippen LogP contribution is -2.49. The van der Waals surface area contributed by atoms with Crippen LogP contribution in [0.1, 0.15) is 38.8 Å². The Morgan fingerprint density at radius 3 is 2.54 bits per heavy atom. The first kappa shape index (κ1) is 22.7. The van der Waals surface area contributed by atoms with Crippen LogP contribution in [-0.2, 0) is 17.8 Å². The first-order chi connectivity index (χ1) is 13.7. The average Bonchev–Trinajstić information content (AvgIpc) is 2.74. The van der Waals surface area contributed by atoms with E-state index in [1.807, 2.05) is 0 Å². The molecule has 6 heteroatoms. The number of benzene rings is 1. The molecule has 0 amide bonds. The molecule has 2 rings (SSSR count). The molecule has 0 radical (unpaired) electrons. The minimum absolute atomic E-state index is 0.463. The monoisotopic (exact) mass is 389 g/mol. The van der Waals surface area contributed by atoms with E-state index >= 15 is 0 Å². The van der Waals surface area contributed by atoms with Crippen molar-refractivity contribution in [3.8, 4) is 0 Å². The molecule has 6 nitrogen and oxygen atoms in total. The summed E-state index contributed by atoms with van der Waals surface area (Å²) in [6, 6.07) is 9.26. The zero-order valence-corrected chi connectivity index (χ0v) is 18.2. The fourth-order valence-corrected chi connectivity index (χ4v) is 3.44. The fraction of sp³-hybridized carbons (Fsp3) is 0.682. The quantitative estimate of drug-likeness (QED) is 0.475. The number of rotatable bonds is 10. The van der Waals surface area contributed by atoms with Gasteiger partial charge in [-0.2, -0.15) is 0 Å². The van der Waals surface area contributed by atoms with E-state index in [1.54, 1.807) is 0 Å². The molecule has 1 fully saturated rings. The van der Waals surface area contributed by atoms with Crippen LogP contribution < -0.4 is 10.6 Å². The van der Waals surface area contributed by atoms with Gasteiger partial charge in [0.05, 0.1) is 19.8 Å². The third-order valence-electron chi connectivity index (χ3n) is 5.29. The van der Waals surface area contributed by atoms with Crippen molar-refractivity contribution >= 4 is 5.96 Å². The Kier molecular flexibility index (Phi) is 10.3. The molecule has 1 atom stereocenters. The van der Waals surface area contributed by atoms with Gasteiger partial charge >= 0.3 is 0 Å². The molecular weight excluding hydrogens is 350 g/mol. The van der Waals surface area contributed by atoms with Crippen LogP contribution in [0.2, 0.25) is 0 Å². The number of ether oxygens (including phenoxy) is 1. The maximum atomic E-state index is 5.45. The van der Waals surface area contributed by atoms with Crippen LogP contribution >= 0.6 is 0 Å². The van der Waals surface area contributed by atoms with Crippen molar-refractivity contribution in [2.24, 2.45) is 4.99 Å². The molecule has 1 aliphatic rings. The highest BCUT2D eigenvalue weighted by Crippen LogP contribution is 2.09. The molecule has 1 heterocycles. The van der Waals surface area contributed by atoms with Crippen molar-refractivity contribution in [1.29, 1.82) is 0 Å². The van der Waals surface area contributed by atoms with Crippen molar-refractivity contribution in [2.45, 2.75) is 46.8 Å². The van der Waals surface area contributed by atoms with Crippen LogP contribution in [0, 0.1) is 0 Å². The van der Waals surface area contributed by atoms with Crippen LogP contribution in [0.25, 0.3) is 0 Å². The van der Waals surface area contributed by atoms with E-state index in [0.29, 0.717) is 12.6 Å². The summed E-state index contributed by atoms with van der Waals surface area (Å²) >= 11 is 0. The largest absolute Gasteiger partial charge is 0.379 e. The van der Waals surface area contributed by atoms with Gasteiger partial charge in [-0.3, -0.25) is 9.80 Å². The summed E-state index contributed by atoms with van der Waals surface area (Å²) in [5, 5.41) is 6.86. The smallest absolute Gasteiger partial charge is 0.191 e. The Labute approximate surface area is 171 Å². The van der Waals surface area contributed by atoms with E-state index in [1.165, 1.54) is 11.1 Å². The molecular formula is C22H39N5O. The fourth-order valence-electron chi connectivity index (χ4n) is 3.44. The molecule has 28 heavy (non-hydrogen) atoms. The predicted molar refractivity (Wildman–Crippen MR) is 118 cm³/mol. The van der Waals surface area contributed by atoms with Crippen molar-refractivity contribution in [3.63, 3.8) is 0 Å². The summed E-state index contributed by atoms with van der Waals surface area (Å²) in [7, 11) is 0. The Morgan fingerprint density at radius 1 is 1.14 bits per heavy atom. The molecule has 0 bridgehead atoms. The maximum Gasteiger partial charge on any atom is 0.191 e. The van der Waals surface area contributed by atoms with Gasteiger partial charge in [0.25, 0.3) is 0 Å². The second-order valence-electron chi connectivity index (χ2n) is 7.35. The van der Waals surface area contributed by atoms with Crippen molar-refractivity contribution < 1.29 is 4.74 Å². The first-order valence-corrected chi connectivity index (χ1v) is 10.8. The van der Waals surface area contributed by atoms with E-state index in [2.05, 4.69) is 72.4 Å². The Morgan fingerprint density at radius 2 is 1.86 bits per heavy atom. The van der Waals surface area contributed by atoms with Gasteiger partial charge in [0.15, 0.2) is 5.96 Å². The van der Waals surface area contributed by atoms with Gasteiger partial charge in [0.1, 0.15) is 0 Å². The van der Waals surface area contributed by atoms with Crippen molar-refractivity contribution in [1.82, 2.24) is 20.4 Å². The standard InChI is InChI=1S/C22H39N5O/c1-5-23-22(24-16-19(4)27-11-13-28-14-12-27)25-17-20-9-8-10-21(15-20)18-26(6-2)7-3/h8-10,15,19H,5-7,11-14,16-18H2,1-4H3,(H2,23,24,25). The molecule has 1 saturated heterocycles. The number of hydrogen-bond donors (Lipinski definition) is 2. The average molecular weight is 390 g/mol. The van der Waals surface area contributed by atoms with E-state index in [-0.39, 0.29) is 0 Å². The molecule has 158 valence electrons. The Bertz CT molecular complexity index is 582. The zero-order valence-electron chi connectivity index (χ0n) is 18.2. The maximum absolute atomic E-state index is 5.45. The van der Waals surface area contributed by atoms with Crippen LogP contribution in [0.5, 0.6) is 0 Å². The molecule has 2 N–H and O–H groups in total. The topological polar surface area (TPSA) is 52.1 Å². The number of nitrogens with one attached hydrogen (secondary N) is 2. The molecule has 1 aromatic carbocycles. The second-order valence-corrected chi connectivity index (χ2v) is 7.35. The number of guanidine groups is 1. The van der Waals surface area contributed by atoms with Gasteiger partial charge in [-0.05, 0) is 38.1 Å². The molecule has 0 aliphatic carbocycles. The number of hydrogen-bond acceptors (Lipinski definition) is 4. The highest BCUT2D eigenvalue weighted by molar-refractivity contribution is 5.79. The molecule has 0 aromatic heterocycles. The van der Waals surface area contributed by atoms with Gasteiger partial charge < -0.3 is 15.4 Å². The van der Waals surface area contributed by atoms with E-state index < -0.39 is 0 Å². The van der Waals surface area contributed by atoms with Crippen LogP contribution in [0.4, 0.5) is 0 Å². The van der Waals surface area contributed by atoms with E-state index in [4.69, 9.17) is 9.73 Å². The summed E-state index contributed by atoms with van der Waals surface area (Å²) in [6.07, 6.45) is 0. The third-order valence-corrected chi connectivity index (χ3v) is 5.29. The van der Waals surface area contributed by atoms with Crippen LogP contribution in [0.3, 0.4) is 0 Å². The predicted octanol–water partition coefficient (Wildman–Crippen LogP) is 2.30. The van der Waals surface area contributed by atoms with Crippen molar-refractivity contribution in [3.05, 3.63) is 35.4 Å². The van der Waals surface area contributed by atoms with Gasteiger partial charge in [0, 0.05) is 38.8 Å². The molecule has 0 saturated carbocycles. The molecule has 1 unspecified atom stereocenters. The van der Waals surface area contributed by atoms with Gasteiger partial charge in [-0.15, -0.1) is 0 Å². The summed E-state index contributed by atoms with van der Waals surface area (Å²) in [4.78, 5) is 9.70. The third kappa shape index (κ3) is 7.78. The first-order valence-electron chi connectivity index (χ1n) is 10.8. The summed E-state index contributed by atoms with van der Waals surface area (Å²) < 4.78 is 5.45. The van der Waals surface area contributed by atoms with E-state index in [0.717, 1.165) is 65.0 Å². The lowest BCUT2D eigenvalue weighted by atomic mass is 10.1. The minimum atomic E-state index is 0.463. The minimum Gasteiger partial charge on any atom is -0.379 e. The lowest BCUT2D eigenvalue weighted by molar-refractivity contribution is 0.0211. The molecule has 1 aromatic rings. The summed E-state index contributed by atoms with van der Waals surface area (Å²) in [6.45, 7) is 18.1. The molecule has 0 spiro atoms. The zero-order chi connectivity index (χ0) is 20.2. The van der Waals surface area contributed by atoms with Gasteiger partial charge in [0.2, 0.25) is 0 Å². The Hall–Kier alpha value is -1.63. The SMILES string of the molecule is CCNC(=NCc1cccc(CN(CC)CC)c1)NCC(C)N1CCOCC1. The lowest BCUT2D eigenvalue weighted by Gasteiger charge is -2.32. The van der Waals surface area contributed by atoms with Crippen molar-refractivity contribution in [2.75, 3.05) is 52.5 Å². The second kappa shape index (κ2) is 12.8. The molecule has 1 aliphatic heterocycles. The van der Waals surface area contributed by atoms with Gasteiger partial charge in [-0.1, -0.05) is 38.1 Å². The number of aliphatic imine (C=N–C) groups is 1. The summed E-state index contributed by atoms with van der Waals surface area (Å²) in [5.41, 5.74) is 2.61. The van der Waals surface area contributed by atoms with Crippen LogP contribution in [0.15, 0.2) is 29.3 Å². The van der Waals surface area contributed by atoms with Gasteiger partial charge in [-0.25, -0.2) is 4.99 Å². The number of morpholine rings is 1. The number of nitrogens with zero attached hydrogens (tertiary/aromatic N) is 3. The normalized spacial score (nSPS) is 17.0. The highest BCUT2D eigenvalue weighted by Gasteiger charge is 2.17. The van der Waals surface area contributed by atoms with E-state index in [9.17, 15) is 0 Å².